The molecule has 9 heteroatoms. The molecule has 2 aromatic heterocycles. The molecule has 0 unspecified atom stereocenters. The quantitative estimate of drug-likeness (QED) is 0.640. The number of halogens is 1. The highest BCUT2D eigenvalue weighted by Crippen LogP contribution is 2.24. The summed E-state index contributed by atoms with van der Waals surface area (Å²) in [5.41, 5.74) is -0.0531. The molecular weight excluding hydrogens is 304 g/mol. The number of nitrogens with zero attached hydrogens (tertiary/aromatic N) is 4. The Hall–Kier alpha value is -2.03. The summed E-state index contributed by atoms with van der Waals surface area (Å²) in [6.07, 6.45) is 3.31. The second-order valence-electron chi connectivity index (χ2n) is 3.39. The number of nitrogens with one attached hydrogen (secondary N) is 2. The first-order valence-electron chi connectivity index (χ1n) is 5.05. The third-order valence-corrected chi connectivity index (χ3v) is 2.76. The number of aromatic amines is 1. The number of nitro groups is 1. The summed E-state index contributed by atoms with van der Waals surface area (Å²) in [7, 11) is 0. The summed E-state index contributed by atoms with van der Waals surface area (Å²) in [6, 6.07) is 1.41. The van der Waals surface area contributed by atoms with Gasteiger partial charge in [-0.1, -0.05) is 0 Å². The standard InChI is InChI=1S/C9H9BrN6O2/c10-7-3-6(16(17)18)4-12-9(7)11-2-1-8-13-5-14-15-8/h3-5H,1-2H2,(H,11,12)(H,13,14,15). The van der Waals surface area contributed by atoms with Crippen LogP contribution in [0.4, 0.5) is 11.5 Å². The highest BCUT2D eigenvalue weighted by Gasteiger charge is 2.10. The van der Waals surface area contributed by atoms with Crippen molar-refractivity contribution >= 4 is 27.4 Å². The number of hydrogen-bond donors (Lipinski definition) is 2. The van der Waals surface area contributed by atoms with Crippen molar-refractivity contribution in [3.63, 3.8) is 0 Å². The Bertz CT molecular complexity index is 544. The molecule has 0 aliphatic heterocycles. The van der Waals surface area contributed by atoms with Crippen LogP contribution in [0.1, 0.15) is 5.82 Å². The first-order chi connectivity index (χ1) is 8.66. The van der Waals surface area contributed by atoms with Crippen molar-refractivity contribution in [1.29, 1.82) is 0 Å². The zero-order chi connectivity index (χ0) is 13.0. The van der Waals surface area contributed by atoms with Gasteiger partial charge in [-0.15, -0.1) is 0 Å². The van der Waals surface area contributed by atoms with Crippen LogP contribution in [-0.2, 0) is 6.42 Å². The van der Waals surface area contributed by atoms with E-state index in [2.05, 4.69) is 41.4 Å². The van der Waals surface area contributed by atoms with Crippen LogP contribution < -0.4 is 5.32 Å². The second-order valence-corrected chi connectivity index (χ2v) is 4.24. The third-order valence-electron chi connectivity index (χ3n) is 2.16. The molecule has 0 aromatic carbocycles. The molecule has 94 valence electrons. The molecule has 0 bridgehead atoms. The van der Waals surface area contributed by atoms with Crippen LogP contribution in [-0.4, -0.2) is 31.6 Å². The van der Waals surface area contributed by atoms with Crippen LogP contribution in [0.15, 0.2) is 23.1 Å². The Labute approximate surface area is 110 Å². The third kappa shape index (κ3) is 3.00. The van der Waals surface area contributed by atoms with Crippen molar-refractivity contribution in [2.45, 2.75) is 6.42 Å². The lowest BCUT2D eigenvalue weighted by Crippen LogP contribution is -2.08. The minimum Gasteiger partial charge on any atom is -0.369 e. The molecule has 0 radical (unpaired) electrons. The van der Waals surface area contributed by atoms with Crippen molar-refractivity contribution in [2.24, 2.45) is 0 Å². The smallest absolute Gasteiger partial charge is 0.288 e. The molecule has 2 rings (SSSR count). The zero-order valence-electron chi connectivity index (χ0n) is 9.13. The molecule has 2 heterocycles. The van der Waals surface area contributed by atoms with Crippen LogP contribution in [0.2, 0.25) is 0 Å². The van der Waals surface area contributed by atoms with Gasteiger partial charge in [0.25, 0.3) is 5.69 Å². The number of rotatable bonds is 5. The molecule has 0 atom stereocenters. The largest absolute Gasteiger partial charge is 0.369 e. The minimum absolute atomic E-state index is 0.0531. The maximum Gasteiger partial charge on any atom is 0.288 e. The molecule has 0 saturated heterocycles. The van der Waals surface area contributed by atoms with Gasteiger partial charge in [0.15, 0.2) is 0 Å². The summed E-state index contributed by atoms with van der Waals surface area (Å²) in [5, 5.41) is 20.1. The van der Waals surface area contributed by atoms with E-state index in [0.29, 0.717) is 23.3 Å². The van der Waals surface area contributed by atoms with E-state index >= 15 is 0 Å². The topological polar surface area (TPSA) is 110 Å². The monoisotopic (exact) mass is 312 g/mol. The Balaban J connectivity index is 1.95. The first kappa shape index (κ1) is 12.4. The van der Waals surface area contributed by atoms with E-state index in [1.165, 1.54) is 18.6 Å². The molecule has 2 N–H and O–H groups in total. The molecule has 0 amide bonds. The Morgan fingerprint density at radius 3 is 2.94 bits per heavy atom. The van der Waals surface area contributed by atoms with E-state index in [1.807, 2.05) is 0 Å². The predicted octanol–water partition coefficient (Wildman–Crippen LogP) is 1.52. The number of pyridine rings is 1. The van der Waals surface area contributed by atoms with Gasteiger partial charge in [0, 0.05) is 19.0 Å². The highest BCUT2D eigenvalue weighted by molar-refractivity contribution is 9.10. The average Bonchev–Trinajstić information content (AvgIpc) is 2.84. The fourth-order valence-corrected chi connectivity index (χ4v) is 1.79. The van der Waals surface area contributed by atoms with Gasteiger partial charge >= 0.3 is 0 Å². The van der Waals surface area contributed by atoms with Gasteiger partial charge in [0.05, 0.1) is 9.40 Å². The molecule has 18 heavy (non-hydrogen) atoms. The van der Waals surface area contributed by atoms with Crippen LogP contribution in [0.3, 0.4) is 0 Å². The summed E-state index contributed by atoms with van der Waals surface area (Å²) < 4.78 is 0.550. The minimum atomic E-state index is -0.490. The van der Waals surface area contributed by atoms with E-state index in [1.54, 1.807) is 0 Å². The maximum atomic E-state index is 10.5. The summed E-state index contributed by atoms with van der Waals surface area (Å²) >= 11 is 3.23. The molecule has 0 aliphatic carbocycles. The van der Waals surface area contributed by atoms with E-state index in [9.17, 15) is 10.1 Å². The van der Waals surface area contributed by atoms with Crippen molar-refractivity contribution in [2.75, 3.05) is 11.9 Å². The van der Waals surface area contributed by atoms with Gasteiger partial charge in [-0.2, -0.15) is 5.10 Å². The number of anilines is 1. The number of hydrogen-bond acceptors (Lipinski definition) is 6. The van der Waals surface area contributed by atoms with Crippen molar-refractivity contribution < 1.29 is 4.92 Å². The first-order valence-corrected chi connectivity index (χ1v) is 5.84. The van der Waals surface area contributed by atoms with Gasteiger partial charge in [-0.05, 0) is 15.9 Å². The molecule has 8 nitrogen and oxygen atoms in total. The predicted molar refractivity (Wildman–Crippen MR) is 67.2 cm³/mol. The maximum absolute atomic E-state index is 10.5. The summed E-state index contributed by atoms with van der Waals surface area (Å²) in [5.74, 6) is 1.32. The van der Waals surface area contributed by atoms with Crippen molar-refractivity contribution in [3.8, 4) is 0 Å². The Morgan fingerprint density at radius 2 is 2.33 bits per heavy atom. The second kappa shape index (κ2) is 5.54. The molecule has 0 saturated carbocycles. The summed E-state index contributed by atoms with van der Waals surface area (Å²) in [6.45, 7) is 0.596. The van der Waals surface area contributed by atoms with E-state index in [-0.39, 0.29) is 5.69 Å². The van der Waals surface area contributed by atoms with E-state index in [0.717, 1.165) is 5.82 Å². The van der Waals surface area contributed by atoms with Crippen molar-refractivity contribution in [3.05, 3.63) is 39.0 Å². The van der Waals surface area contributed by atoms with Crippen LogP contribution in [0.25, 0.3) is 0 Å². The fraction of sp³-hybridized carbons (Fsp3) is 0.222. The highest BCUT2D eigenvalue weighted by atomic mass is 79.9. The SMILES string of the molecule is O=[N+]([O-])c1cnc(NCCc2ncn[nH]2)c(Br)c1. The van der Waals surface area contributed by atoms with E-state index < -0.39 is 4.92 Å². The van der Waals surface area contributed by atoms with Gasteiger partial charge in [0.1, 0.15) is 24.2 Å². The lowest BCUT2D eigenvalue weighted by atomic mass is 10.4. The molecular formula is C9H9BrN6O2. The van der Waals surface area contributed by atoms with Crippen LogP contribution in [0, 0.1) is 10.1 Å². The lowest BCUT2D eigenvalue weighted by molar-refractivity contribution is -0.385. The van der Waals surface area contributed by atoms with Crippen LogP contribution >= 0.6 is 15.9 Å². The molecule has 0 fully saturated rings. The summed E-state index contributed by atoms with van der Waals surface area (Å²) in [4.78, 5) is 18.0. The fourth-order valence-electron chi connectivity index (χ4n) is 1.31. The average molecular weight is 313 g/mol. The number of H-pyrrole nitrogens is 1. The Morgan fingerprint density at radius 1 is 1.50 bits per heavy atom. The number of aromatic nitrogens is 4. The zero-order valence-corrected chi connectivity index (χ0v) is 10.7. The Kier molecular flexibility index (Phi) is 3.82. The molecule has 0 spiro atoms. The van der Waals surface area contributed by atoms with Gasteiger partial charge in [-0.3, -0.25) is 15.2 Å². The molecule has 2 aromatic rings. The lowest BCUT2D eigenvalue weighted by Gasteiger charge is -2.05. The van der Waals surface area contributed by atoms with Crippen LogP contribution in [0.5, 0.6) is 0 Å². The van der Waals surface area contributed by atoms with E-state index in [4.69, 9.17) is 0 Å². The normalized spacial score (nSPS) is 10.3. The van der Waals surface area contributed by atoms with Gasteiger partial charge < -0.3 is 5.32 Å². The molecule has 0 aliphatic rings. The van der Waals surface area contributed by atoms with Crippen molar-refractivity contribution in [1.82, 2.24) is 20.2 Å². The van der Waals surface area contributed by atoms with Gasteiger partial charge in [0.2, 0.25) is 0 Å². The van der Waals surface area contributed by atoms with Gasteiger partial charge in [-0.25, -0.2) is 9.97 Å².